The maximum Gasteiger partial charge on any atom is 0.311 e. The molecule has 0 aromatic heterocycles. The molecule has 0 N–H and O–H groups in total. The zero-order valence-electron chi connectivity index (χ0n) is 11.9. The van der Waals surface area contributed by atoms with Gasteiger partial charge in [0, 0.05) is 19.4 Å². The monoisotopic (exact) mass is 260 g/mol. The molecule has 106 valence electrons. The minimum absolute atomic E-state index is 0.121. The lowest BCUT2D eigenvalue weighted by atomic mass is 9.97. The van der Waals surface area contributed by atoms with E-state index in [-0.39, 0.29) is 31.4 Å². The Hall–Kier alpha value is -0.940. The van der Waals surface area contributed by atoms with Crippen molar-refractivity contribution in [3.05, 3.63) is 0 Å². The van der Waals surface area contributed by atoms with E-state index in [9.17, 15) is 9.59 Å². The maximum atomic E-state index is 11.5. The van der Waals surface area contributed by atoms with Gasteiger partial charge in [0.1, 0.15) is 13.1 Å². The van der Waals surface area contributed by atoms with Crippen LogP contribution >= 0.6 is 0 Å². The Kier molecular flexibility index (Phi) is 7.78. The highest BCUT2D eigenvalue weighted by molar-refractivity contribution is 5.75. The number of hydrogen-bond donors (Lipinski definition) is 0. The summed E-state index contributed by atoms with van der Waals surface area (Å²) in [5.41, 5.74) is -0.515. The summed E-state index contributed by atoms with van der Waals surface area (Å²) in [6.07, 6.45) is 1.01. The quantitative estimate of drug-likeness (QED) is 0.378. The molecule has 0 amide bonds. The average Bonchev–Trinajstić information content (AvgIpc) is 2.31. The summed E-state index contributed by atoms with van der Waals surface area (Å²) >= 11 is 0. The van der Waals surface area contributed by atoms with E-state index in [0.29, 0.717) is 6.42 Å². The molecule has 0 aliphatic carbocycles. The number of esters is 1. The van der Waals surface area contributed by atoms with Crippen LogP contribution in [0.3, 0.4) is 0 Å². The second-order valence-corrected chi connectivity index (χ2v) is 5.28. The summed E-state index contributed by atoms with van der Waals surface area (Å²) in [6.45, 7) is 7.50. The van der Waals surface area contributed by atoms with Crippen LogP contribution in [0, 0.1) is 11.3 Å². The number of rotatable bonds is 8. The van der Waals surface area contributed by atoms with E-state index < -0.39 is 5.41 Å². The first-order valence-electron chi connectivity index (χ1n) is 6.06. The van der Waals surface area contributed by atoms with Gasteiger partial charge in [-0.3, -0.25) is 4.79 Å². The highest BCUT2D eigenvalue weighted by Crippen LogP contribution is 2.16. The van der Waals surface area contributed by atoms with Gasteiger partial charge in [0.15, 0.2) is 0 Å². The van der Waals surface area contributed by atoms with Gasteiger partial charge < -0.3 is 19.0 Å². The van der Waals surface area contributed by atoms with Crippen molar-refractivity contribution < 1.29 is 23.8 Å². The van der Waals surface area contributed by atoms with Crippen molar-refractivity contribution in [2.45, 2.75) is 40.2 Å². The summed E-state index contributed by atoms with van der Waals surface area (Å²) < 4.78 is 15.3. The molecule has 0 heterocycles. The summed E-state index contributed by atoms with van der Waals surface area (Å²) in [5, 5.41) is 0. The van der Waals surface area contributed by atoms with Gasteiger partial charge in [0.25, 0.3) is 0 Å². The van der Waals surface area contributed by atoms with Gasteiger partial charge in [0.2, 0.25) is 0 Å². The molecule has 5 heteroatoms. The fourth-order valence-electron chi connectivity index (χ4n) is 1.23. The number of carbonyl (C=O) groups excluding carboxylic acids is 2. The number of methoxy groups -OCH3 is 1. The van der Waals surface area contributed by atoms with Crippen LogP contribution in [0.5, 0.6) is 0 Å². The van der Waals surface area contributed by atoms with Gasteiger partial charge in [-0.1, -0.05) is 6.92 Å². The third kappa shape index (κ3) is 6.71. The molecule has 18 heavy (non-hydrogen) atoms. The highest BCUT2D eigenvalue weighted by atomic mass is 16.7. The fraction of sp³-hybridized carbons (Fsp3) is 0.846. The van der Waals surface area contributed by atoms with E-state index in [1.807, 2.05) is 0 Å². The molecule has 0 bridgehead atoms. The lowest BCUT2D eigenvalue weighted by Crippen LogP contribution is -2.28. The molecule has 0 aliphatic heterocycles. The van der Waals surface area contributed by atoms with E-state index in [0.717, 1.165) is 6.29 Å². The Morgan fingerprint density at radius 2 is 1.94 bits per heavy atom. The van der Waals surface area contributed by atoms with E-state index in [2.05, 4.69) is 0 Å². The standard InChI is InChI=1S/C13H24O5/c1-10(8-14)11(18-9-16-5)6-7-17-12(15)13(2,3)4/h8,10-11H,6-7,9H2,1-5H3/t10-,11+/m1/s1. The molecule has 5 nitrogen and oxygen atoms in total. The summed E-state index contributed by atoms with van der Waals surface area (Å²) in [7, 11) is 1.52. The SMILES string of the molecule is COCO[C@@H](CCOC(=O)C(C)(C)C)[C@H](C)C=O. The van der Waals surface area contributed by atoms with Crippen molar-refractivity contribution in [3.63, 3.8) is 0 Å². The molecule has 0 unspecified atom stereocenters. The van der Waals surface area contributed by atoms with Crippen LogP contribution in [0.25, 0.3) is 0 Å². The Morgan fingerprint density at radius 1 is 1.33 bits per heavy atom. The normalized spacial score (nSPS) is 14.9. The maximum absolute atomic E-state index is 11.5. The number of aldehydes is 1. The predicted molar refractivity (Wildman–Crippen MR) is 67.0 cm³/mol. The summed E-state index contributed by atoms with van der Waals surface area (Å²) in [4.78, 5) is 22.3. The highest BCUT2D eigenvalue weighted by Gasteiger charge is 2.24. The van der Waals surface area contributed by atoms with Gasteiger partial charge in [0.05, 0.1) is 18.1 Å². The molecule has 0 spiro atoms. The van der Waals surface area contributed by atoms with Crippen molar-refractivity contribution in [2.75, 3.05) is 20.5 Å². The van der Waals surface area contributed by atoms with E-state index in [4.69, 9.17) is 14.2 Å². The third-order valence-corrected chi connectivity index (χ3v) is 2.45. The van der Waals surface area contributed by atoms with E-state index >= 15 is 0 Å². The van der Waals surface area contributed by atoms with Crippen molar-refractivity contribution in [1.82, 2.24) is 0 Å². The van der Waals surface area contributed by atoms with Crippen LogP contribution in [-0.4, -0.2) is 38.9 Å². The smallest absolute Gasteiger partial charge is 0.311 e. The van der Waals surface area contributed by atoms with Crippen molar-refractivity contribution >= 4 is 12.3 Å². The molecule has 0 aromatic carbocycles. The first kappa shape index (κ1) is 17.1. The summed E-state index contributed by atoms with van der Waals surface area (Å²) in [5.74, 6) is -0.514. The average molecular weight is 260 g/mol. The molecule has 0 saturated carbocycles. The van der Waals surface area contributed by atoms with Gasteiger partial charge in [-0.25, -0.2) is 0 Å². The Balaban J connectivity index is 4.11. The third-order valence-electron chi connectivity index (χ3n) is 2.45. The number of ether oxygens (including phenoxy) is 3. The molecule has 0 aromatic rings. The van der Waals surface area contributed by atoms with E-state index in [1.165, 1.54) is 7.11 Å². The molecular formula is C13H24O5. The predicted octanol–water partition coefficient (Wildman–Crippen LogP) is 1.79. The van der Waals surface area contributed by atoms with Crippen LogP contribution in [-0.2, 0) is 23.8 Å². The van der Waals surface area contributed by atoms with Gasteiger partial charge >= 0.3 is 5.97 Å². The topological polar surface area (TPSA) is 61.8 Å². The minimum Gasteiger partial charge on any atom is -0.465 e. The Bertz CT molecular complexity index is 257. The van der Waals surface area contributed by atoms with Crippen LogP contribution in [0.1, 0.15) is 34.1 Å². The molecule has 0 saturated heterocycles. The Morgan fingerprint density at radius 3 is 2.39 bits per heavy atom. The first-order chi connectivity index (χ1) is 8.32. The second-order valence-electron chi connectivity index (χ2n) is 5.28. The van der Waals surface area contributed by atoms with E-state index in [1.54, 1.807) is 27.7 Å². The molecule has 0 aliphatic rings. The lowest BCUT2D eigenvalue weighted by Gasteiger charge is -2.21. The largest absolute Gasteiger partial charge is 0.465 e. The second kappa shape index (κ2) is 8.21. The minimum atomic E-state index is -0.515. The van der Waals surface area contributed by atoms with Gasteiger partial charge in [-0.05, 0) is 20.8 Å². The zero-order chi connectivity index (χ0) is 14.2. The number of hydrogen-bond acceptors (Lipinski definition) is 5. The molecule has 0 radical (unpaired) electrons. The Labute approximate surface area is 109 Å². The van der Waals surface area contributed by atoms with Gasteiger partial charge in [-0.15, -0.1) is 0 Å². The van der Waals surface area contributed by atoms with Crippen molar-refractivity contribution in [1.29, 1.82) is 0 Å². The molecule has 0 fully saturated rings. The zero-order valence-corrected chi connectivity index (χ0v) is 11.9. The summed E-state index contributed by atoms with van der Waals surface area (Å²) in [6, 6.07) is 0. The number of carbonyl (C=O) groups is 2. The van der Waals surface area contributed by atoms with Crippen LogP contribution in [0.15, 0.2) is 0 Å². The lowest BCUT2D eigenvalue weighted by molar-refractivity contribution is -0.155. The molecule has 2 atom stereocenters. The van der Waals surface area contributed by atoms with Crippen LogP contribution < -0.4 is 0 Å². The fourth-order valence-corrected chi connectivity index (χ4v) is 1.23. The molecule has 0 rings (SSSR count). The van der Waals surface area contributed by atoms with Crippen LogP contribution in [0.2, 0.25) is 0 Å². The molecular weight excluding hydrogens is 236 g/mol. The van der Waals surface area contributed by atoms with Crippen molar-refractivity contribution in [2.24, 2.45) is 11.3 Å². The van der Waals surface area contributed by atoms with Crippen molar-refractivity contribution in [3.8, 4) is 0 Å². The van der Waals surface area contributed by atoms with Gasteiger partial charge in [-0.2, -0.15) is 0 Å². The first-order valence-corrected chi connectivity index (χ1v) is 6.06. The van der Waals surface area contributed by atoms with Crippen LogP contribution in [0.4, 0.5) is 0 Å².